The molecule has 0 bridgehead atoms. The van der Waals surface area contributed by atoms with Gasteiger partial charge in [-0.05, 0) is 18.2 Å². The van der Waals surface area contributed by atoms with Gasteiger partial charge in [0.15, 0.2) is 11.5 Å². The van der Waals surface area contributed by atoms with E-state index in [1.807, 2.05) is 24.3 Å². The van der Waals surface area contributed by atoms with Gasteiger partial charge in [-0.25, -0.2) is 0 Å². The minimum atomic E-state index is -1.08. The van der Waals surface area contributed by atoms with Gasteiger partial charge in [-0.15, -0.1) is 11.8 Å². The summed E-state index contributed by atoms with van der Waals surface area (Å²) < 4.78 is 10.7. The van der Waals surface area contributed by atoms with E-state index in [0.29, 0.717) is 17.2 Å². The van der Waals surface area contributed by atoms with Crippen LogP contribution in [-0.4, -0.2) is 38.8 Å². The highest BCUT2D eigenvalue weighted by molar-refractivity contribution is 8.02. The Balaban J connectivity index is 1.91. The smallest absolute Gasteiger partial charge is 0.268 e. The molecule has 0 N–H and O–H groups in total. The van der Waals surface area contributed by atoms with Crippen molar-refractivity contribution in [1.29, 1.82) is 0 Å². The maximum absolute atomic E-state index is 13.2. The zero-order valence-corrected chi connectivity index (χ0v) is 15.5. The number of nitrogens with zero attached hydrogens (tertiary/aromatic N) is 2. The summed E-state index contributed by atoms with van der Waals surface area (Å²) in [4.78, 5) is 28.2. The molecule has 2 aromatic rings. The molecular weight excluding hydrogens is 352 g/mol. The summed E-state index contributed by atoms with van der Waals surface area (Å²) in [6.07, 6.45) is 0. The van der Waals surface area contributed by atoms with Crippen LogP contribution in [0, 0.1) is 0 Å². The van der Waals surface area contributed by atoms with Crippen molar-refractivity contribution >= 4 is 35.0 Å². The van der Waals surface area contributed by atoms with Crippen molar-refractivity contribution in [1.82, 2.24) is 0 Å². The molecule has 2 heterocycles. The average Bonchev–Trinajstić information content (AvgIpc) is 3.13. The predicted molar refractivity (Wildman–Crippen MR) is 101 cm³/mol. The van der Waals surface area contributed by atoms with Gasteiger partial charge >= 0.3 is 0 Å². The number of thioether (sulfide) groups is 1. The van der Waals surface area contributed by atoms with Gasteiger partial charge in [-0.1, -0.05) is 18.2 Å². The first-order valence-electron chi connectivity index (χ1n) is 8.11. The van der Waals surface area contributed by atoms with Crippen LogP contribution in [0.1, 0.15) is 5.56 Å². The molecule has 0 aliphatic carbocycles. The number of carbonyl (C=O) groups excluding carboxylic acids is 2. The molecule has 1 unspecified atom stereocenters. The summed E-state index contributed by atoms with van der Waals surface area (Å²) in [5, 5.41) is 0. The highest BCUT2D eigenvalue weighted by atomic mass is 32.2. The van der Waals surface area contributed by atoms with E-state index in [9.17, 15) is 9.59 Å². The van der Waals surface area contributed by atoms with Crippen molar-refractivity contribution < 1.29 is 19.1 Å². The number of carbonyl (C=O) groups is 2. The molecule has 26 heavy (non-hydrogen) atoms. The molecule has 1 atom stereocenters. The molecule has 1 fully saturated rings. The van der Waals surface area contributed by atoms with Crippen LogP contribution in [0.25, 0.3) is 0 Å². The third kappa shape index (κ3) is 2.07. The topological polar surface area (TPSA) is 59.1 Å². The summed E-state index contributed by atoms with van der Waals surface area (Å²) in [7, 11) is 4.84. The normalized spacial score (nSPS) is 21.5. The number of anilines is 2. The number of para-hydroxylation sites is 1. The van der Waals surface area contributed by atoms with Crippen LogP contribution in [0.3, 0.4) is 0 Å². The van der Waals surface area contributed by atoms with E-state index in [4.69, 9.17) is 9.47 Å². The van der Waals surface area contributed by atoms with Gasteiger partial charge in [0.2, 0.25) is 10.8 Å². The first-order chi connectivity index (χ1) is 12.5. The van der Waals surface area contributed by atoms with Crippen molar-refractivity contribution in [3.05, 3.63) is 48.0 Å². The SMILES string of the molecule is COc1ccc(N2C(=O)CSC23C(=O)N(C)c2ccccc23)cc1OC. The van der Waals surface area contributed by atoms with Crippen LogP contribution >= 0.6 is 11.8 Å². The second-order valence-electron chi connectivity index (χ2n) is 6.08. The number of hydrogen-bond donors (Lipinski definition) is 0. The quantitative estimate of drug-likeness (QED) is 0.831. The number of rotatable bonds is 3. The molecule has 2 aliphatic rings. The predicted octanol–water partition coefficient (Wildman–Crippen LogP) is 2.61. The molecule has 6 nitrogen and oxygen atoms in total. The number of ether oxygens (including phenoxy) is 2. The van der Waals surface area contributed by atoms with Gasteiger partial charge in [0.25, 0.3) is 5.91 Å². The third-order valence-corrected chi connectivity index (χ3v) is 6.21. The molecule has 134 valence electrons. The largest absolute Gasteiger partial charge is 0.493 e. The van der Waals surface area contributed by atoms with Crippen LogP contribution in [0.5, 0.6) is 11.5 Å². The molecule has 2 aromatic carbocycles. The maximum atomic E-state index is 13.2. The Hall–Kier alpha value is -2.67. The van der Waals surface area contributed by atoms with Crippen molar-refractivity contribution in [3.8, 4) is 11.5 Å². The Morgan fingerprint density at radius 1 is 1.04 bits per heavy atom. The molecule has 2 aliphatic heterocycles. The monoisotopic (exact) mass is 370 g/mol. The summed E-state index contributed by atoms with van der Waals surface area (Å²) in [6.45, 7) is 0. The number of likely N-dealkylation sites (N-methyl/N-ethyl adjacent to an activating group) is 1. The number of hydrogen-bond acceptors (Lipinski definition) is 5. The fraction of sp³-hybridized carbons (Fsp3) is 0.263. The zero-order chi connectivity index (χ0) is 18.5. The van der Waals surface area contributed by atoms with Crippen molar-refractivity contribution in [3.63, 3.8) is 0 Å². The van der Waals surface area contributed by atoms with Crippen LogP contribution in [0.2, 0.25) is 0 Å². The summed E-state index contributed by atoms with van der Waals surface area (Å²) in [6, 6.07) is 12.9. The molecule has 0 aromatic heterocycles. The van der Waals surface area contributed by atoms with E-state index in [-0.39, 0.29) is 17.6 Å². The van der Waals surface area contributed by atoms with E-state index in [2.05, 4.69) is 0 Å². The van der Waals surface area contributed by atoms with Crippen molar-refractivity contribution in [2.75, 3.05) is 36.8 Å². The number of methoxy groups -OCH3 is 2. The first kappa shape index (κ1) is 16.8. The van der Waals surface area contributed by atoms with Gasteiger partial charge in [0.1, 0.15) is 0 Å². The fourth-order valence-corrected chi connectivity index (χ4v) is 5.01. The number of amides is 2. The molecule has 7 heteroatoms. The lowest BCUT2D eigenvalue weighted by molar-refractivity contribution is -0.123. The molecule has 0 saturated carbocycles. The maximum Gasteiger partial charge on any atom is 0.268 e. The molecule has 1 saturated heterocycles. The average molecular weight is 370 g/mol. The van der Waals surface area contributed by atoms with Crippen LogP contribution in [0.15, 0.2) is 42.5 Å². The summed E-state index contributed by atoms with van der Waals surface area (Å²) in [5.41, 5.74) is 2.26. The molecule has 0 radical (unpaired) electrons. The van der Waals surface area contributed by atoms with Gasteiger partial charge in [0.05, 0.1) is 25.7 Å². The Morgan fingerprint density at radius 2 is 1.77 bits per heavy atom. The second kappa shape index (κ2) is 5.95. The van der Waals surface area contributed by atoms with Crippen LogP contribution in [0.4, 0.5) is 11.4 Å². The van der Waals surface area contributed by atoms with Crippen molar-refractivity contribution in [2.24, 2.45) is 0 Å². The minimum absolute atomic E-state index is 0.110. The minimum Gasteiger partial charge on any atom is -0.493 e. The van der Waals surface area contributed by atoms with Gasteiger partial charge in [-0.2, -0.15) is 0 Å². The summed E-state index contributed by atoms with van der Waals surface area (Å²) >= 11 is 1.35. The standard InChI is InChI=1S/C19H18N2O4S/c1-20-14-7-5-4-6-13(14)19(18(20)23)21(17(22)11-26-19)12-8-9-15(24-2)16(10-12)25-3/h4-10H,11H2,1-3H3. The van der Waals surface area contributed by atoms with E-state index >= 15 is 0 Å². The second-order valence-corrected chi connectivity index (χ2v) is 7.25. The zero-order valence-electron chi connectivity index (χ0n) is 14.7. The Labute approximate surface area is 155 Å². The Kier molecular flexibility index (Phi) is 3.84. The molecular formula is C19H18N2O4S. The lowest BCUT2D eigenvalue weighted by Gasteiger charge is -2.33. The van der Waals surface area contributed by atoms with E-state index in [1.54, 1.807) is 49.3 Å². The van der Waals surface area contributed by atoms with Crippen LogP contribution < -0.4 is 19.3 Å². The van der Waals surface area contributed by atoms with E-state index in [0.717, 1.165) is 11.3 Å². The highest BCUT2D eigenvalue weighted by Gasteiger charge is 2.60. The number of fused-ring (bicyclic) bond motifs is 2. The number of benzene rings is 2. The summed E-state index contributed by atoms with van der Waals surface area (Å²) in [5.74, 6) is 1.09. The lowest BCUT2D eigenvalue weighted by atomic mass is 10.0. The lowest BCUT2D eigenvalue weighted by Crippen LogP contribution is -2.49. The van der Waals surface area contributed by atoms with Gasteiger partial charge < -0.3 is 14.4 Å². The highest BCUT2D eigenvalue weighted by Crippen LogP contribution is 2.55. The molecule has 1 spiro atoms. The van der Waals surface area contributed by atoms with Gasteiger partial charge in [0, 0.05) is 24.4 Å². The third-order valence-electron chi connectivity index (χ3n) is 4.82. The Bertz CT molecular complexity index is 916. The Morgan fingerprint density at radius 3 is 2.50 bits per heavy atom. The van der Waals surface area contributed by atoms with Gasteiger partial charge in [-0.3, -0.25) is 14.5 Å². The van der Waals surface area contributed by atoms with E-state index < -0.39 is 4.87 Å². The molecule has 2 amide bonds. The molecule has 4 rings (SSSR count). The van der Waals surface area contributed by atoms with Crippen LogP contribution in [-0.2, 0) is 14.5 Å². The fourth-order valence-electron chi connectivity index (χ4n) is 3.62. The van der Waals surface area contributed by atoms with Crippen molar-refractivity contribution in [2.45, 2.75) is 4.87 Å². The van der Waals surface area contributed by atoms with E-state index in [1.165, 1.54) is 11.8 Å². The first-order valence-corrected chi connectivity index (χ1v) is 9.10.